The Kier molecular flexibility index (Phi) is 5.46. The van der Waals surface area contributed by atoms with Gasteiger partial charge in [-0.25, -0.2) is 9.59 Å². The Balaban J connectivity index is 2.14. The molecule has 1 atom stereocenters. The molecule has 7 heteroatoms. The van der Waals surface area contributed by atoms with E-state index in [9.17, 15) is 14.7 Å². The van der Waals surface area contributed by atoms with Gasteiger partial charge in [-0.3, -0.25) is 4.68 Å². The molecule has 0 fully saturated rings. The fraction of sp³-hybridized carbons (Fsp3) is 0.389. The number of rotatable bonds is 5. The predicted molar refractivity (Wildman–Crippen MR) is 92.0 cm³/mol. The second kappa shape index (κ2) is 7.38. The van der Waals surface area contributed by atoms with Gasteiger partial charge in [0.05, 0.1) is 5.69 Å². The number of nitrogens with zero attached hydrogens (tertiary/aromatic N) is 2. The monoisotopic (exact) mass is 345 g/mol. The van der Waals surface area contributed by atoms with Crippen LogP contribution in [0.25, 0.3) is 0 Å². The van der Waals surface area contributed by atoms with Crippen LogP contribution >= 0.6 is 0 Å². The number of alkyl carbamates (subject to hydrolysis) is 1. The maximum absolute atomic E-state index is 12.0. The maximum Gasteiger partial charge on any atom is 0.408 e. The molecule has 1 unspecified atom stereocenters. The van der Waals surface area contributed by atoms with Crippen LogP contribution in [0.2, 0.25) is 0 Å². The normalized spacial score (nSPS) is 12.5. The van der Waals surface area contributed by atoms with Crippen LogP contribution in [0, 0.1) is 0 Å². The smallest absolute Gasteiger partial charge is 0.408 e. The van der Waals surface area contributed by atoms with Gasteiger partial charge >= 0.3 is 12.1 Å². The average Bonchev–Trinajstić information content (AvgIpc) is 2.93. The summed E-state index contributed by atoms with van der Waals surface area (Å²) in [5.74, 6) is -1.17. The number of carboxylic acids is 1. The standard InChI is InChI=1S/C18H23N3O4/c1-18(2,3)15-13(10-21(4)20-15)14(16(22)23)19-17(24)25-11-12-8-6-5-7-9-12/h5-10,14H,11H2,1-4H3,(H,19,24)(H,22,23). The number of carbonyl (C=O) groups excluding carboxylic acids is 1. The van der Waals surface area contributed by atoms with Crippen LogP contribution in [0.1, 0.15) is 43.6 Å². The topological polar surface area (TPSA) is 93.5 Å². The maximum atomic E-state index is 12.0. The lowest BCUT2D eigenvalue weighted by Gasteiger charge is -2.21. The van der Waals surface area contributed by atoms with Crippen molar-refractivity contribution in [2.45, 2.75) is 38.8 Å². The minimum Gasteiger partial charge on any atom is -0.479 e. The molecule has 0 radical (unpaired) electrons. The SMILES string of the molecule is Cn1cc(C(NC(=O)OCc2ccccc2)C(=O)O)c(C(C)(C)C)n1. The molecule has 7 nitrogen and oxygen atoms in total. The first kappa shape index (κ1) is 18.5. The van der Waals surface area contributed by atoms with Gasteiger partial charge in [0.2, 0.25) is 0 Å². The molecule has 0 saturated carbocycles. The molecule has 0 aliphatic heterocycles. The van der Waals surface area contributed by atoms with Gasteiger partial charge in [0, 0.05) is 24.2 Å². The van der Waals surface area contributed by atoms with Crippen LogP contribution in [0.4, 0.5) is 4.79 Å². The van der Waals surface area contributed by atoms with Crippen LogP contribution in [0.5, 0.6) is 0 Å². The molecule has 25 heavy (non-hydrogen) atoms. The van der Waals surface area contributed by atoms with Gasteiger partial charge in [-0.15, -0.1) is 0 Å². The Morgan fingerprint density at radius 2 is 1.92 bits per heavy atom. The second-order valence-corrected chi connectivity index (χ2v) is 6.83. The summed E-state index contributed by atoms with van der Waals surface area (Å²) in [5.41, 5.74) is 1.52. The number of amides is 1. The molecule has 2 rings (SSSR count). The van der Waals surface area contributed by atoms with Gasteiger partial charge in [0.25, 0.3) is 0 Å². The lowest BCUT2D eigenvalue weighted by atomic mass is 9.87. The number of carbonyl (C=O) groups is 2. The Morgan fingerprint density at radius 3 is 2.48 bits per heavy atom. The molecular formula is C18H23N3O4. The Hall–Kier alpha value is -2.83. The van der Waals surface area contributed by atoms with Crippen molar-refractivity contribution in [1.82, 2.24) is 15.1 Å². The van der Waals surface area contributed by atoms with Crippen molar-refractivity contribution >= 4 is 12.1 Å². The van der Waals surface area contributed by atoms with Crippen molar-refractivity contribution in [1.29, 1.82) is 0 Å². The number of nitrogens with one attached hydrogen (secondary N) is 1. The lowest BCUT2D eigenvalue weighted by molar-refractivity contribution is -0.139. The third-order valence-corrected chi connectivity index (χ3v) is 3.60. The van der Waals surface area contributed by atoms with E-state index in [1.54, 1.807) is 17.9 Å². The zero-order valence-electron chi connectivity index (χ0n) is 14.8. The Labute approximate surface area is 146 Å². The molecule has 134 valence electrons. The van der Waals surface area contributed by atoms with E-state index in [0.717, 1.165) is 5.56 Å². The molecular weight excluding hydrogens is 322 g/mol. The largest absolute Gasteiger partial charge is 0.479 e. The number of aliphatic carboxylic acids is 1. The summed E-state index contributed by atoms with van der Waals surface area (Å²) in [6.45, 7) is 5.88. The third-order valence-electron chi connectivity index (χ3n) is 3.60. The average molecular weight is 345 g/mol. The molecule has 2 N–H and O–H groups in total. The molecule has 1 aromatic heterocycles. The van der Waals surface area contributed by atoms with Crippen molar-refractivity contribution in [2.75, 3.05) is 0 Å². The quantitative estimate of drug-likeness (QED) is 0.869. The van der Waals surface area contributed by atoms with Crippen LogP contribution in [0.15, 0.2) is 36.5 Å². The molecule has 0 aliphatic rings. The fourth-order valence-electron chi connectivity index (χ4n) is 2.46. The van der Waals surface area contributed by atoms with Crippen molar-refractivity contribution in [3.63, 3.8) is 0 Å². The molecule has 0 aliphatic carbocycles. The van der Waals surface area contributed by atoms with E-state index in [0.29, 0.717) is 11.3 Å². The molecule has 1 heterocycles. The fourth-order valence-corrected chi connectivity index (χ4v) is 2.46. The van der Waals surface area contributed by atoms with Crippen molar-refractivity contribution < 1.29 is 19.4 Å². The molecule has 2 aromatic rings. The summed E-state index contributed by atoms with van der Waals surface area (Å²) < 4.78 is 6.67. The first-order valence-electron chi connectivity index (χ1n) is 7.92. The number of hydrogen-bond donors (Lipinski definition) is 2. The lowest BCUT2D eigenvalue weighted by Crippen LogP contribution is -2.35. The first-order chi connectivity index (χ1) is 11.7. The van der Waals surface area contributed by atoms with Crippen molar-refractivity contribution in [2.24, 2.45) is 7.05 Å². The van der Waals surface area contributed by atoms with E-state index in [1.165, 1.54) is 0 Å². The van der Waals surface area contributed by atoms with E-state index in [1.807, 2.05) is 51.1 Å². The summed E-state index contributed by atoms with van der Waals surface area (Å²) in [4.78, 5) is 23.7. The Morgan fingerprint density at radius 1 is 1.28 bits per heavy atom. The number of ether oxygens (including phenoxy) is 1. The minimum absolute atomic E-state index is 0.0676. The van der Waals surface area contributed by atoms with Gasteiger partial charge in [-0.2, -0.15) is 5.10 Å². The van der Waals surface area contributed by atoms with Gasteiger partial charge in [-0.05, 0) is 5.56 Å². The summed E-state index contributed by atoms with van der Waals surface area (Å²) in [6.07, 6.45) is 0.816. The summed E-state index contributed by atoms with van der Waals surface area (Å²) in [6, 6.07) is 7.94. The van der Waals surface area contributed by atoms with E-state index in [4.69, 9.17) is 4.74 Å². The number of hydrogen-bond acceptors (Lipinski definition) is 4. The highest BCUT2D eigenvalue weighted by atomic mass is 16.5. The first-order valence-corrected chi connectivity index (χ1v) is 7.92. The second-order valence-electron chi connectivity index (χ2n) is 6.83. The number of aryl methyl sites for hydroxylation is 1. The zero-order valence-corrected chi connectivity index (χ0v) is 14.8. The summed E-state index contributed by atoms with van der Waals surface area (Å²) in [7, 11) is 1.71. The number of aromatic nitrogens is 2. The van der Waals surface area contributed by atoms with Crippen molar-refractivity contribution in [3.8, 4) is 0 Å². The van der Waals surface area contributed by atoms with E-state index in [2.05, 4.69) is 10.4 Å². The molecule has 1 aromatic carbocycles. The van der Waals surface area contributed by atoms with Crippen LogP contribution in [0.3, 0.4) is 0 Å². The highest BCUT2D eigenvalue weighted by Crippen LogP contribution is 2.28. The third kappa shape index (κ3) is 4.82. The molecule has 1 amide bonds. The molecule has 0 spiro atoms. The van der Waals surface area contributed by atoms with Gasteiger partial charge in [-0.1, -0.05) is 51.1 Å². The molecule has 0 bridgehead atoms. The molecule has 0 saturated heterocycles. The Bertz CT molecular complexity index is 747. The summed E-state index contributed by atoms with van der Waals surface area (Å²) >= 11 is 0. The van der Waals surface area contributed by atoms with Crippen LogP contribution < -0.4 is 5.32 Å². The summed E-state index contributed by atoms with van der Waals surface area (Å²) in [5, 5.41) is 16.3. The predicted octanol–water partition coefficient (Wildman–Crippen LogP) is 2.77. The van der Waals surface area contributed by atoms with E-state index in [-0.39, 0.29) is 12.0 Å². The van der Waals surface area contributed by atoms with Crippen molar-refractivity contribution in [3.05, 3.63) is 53.3 Å². The minimum atomic E-state index is -1.23. The zero-order chi connectivity index (χ0) is 18.6. The van der Waals surface area contributed by atoms with Gasteiger partial charge in [0.1, 0.15) is 6.61 Å². The van der Waals surface area contributed by atoms with Crippen LogP contribution in [-0.4, -0.2) is 26.9 Å². The number of benzene rings is 1. The van der Waals surface area contributed by atoms with Crippen LogP contribution in [-0.2, 0) is 28.6 Å². The highest BCUT2D eigenvalue weighted by molar-refractivity contribution is 5.81. The van der Waals surface area contributed by atoms with Gasteiger partial charge < -0.3 is 15.2 Å². The highest BCUT2D eigenvalue weighted by Gasteiger charge is 2.32. The van der Waals surface area contributed by atoms with E-state index < -0.39 is 18.1 Å². The van der Waals surface area contributed by atoms with E-state index >= 15 is 0 Å². The van der Waals surface area contributed by atoms with Gasteiger partial charge in [0.15, 0.2) is 6.04 Å². The number of carboxylic acid groups (broad SMARTS) is 1.